The Morgan fingerprint density at radius 1 is 1.15 bits per heavy atom. The van der Waals surface area contributed by atoms with Crippen LogP contribution in [-0.4, -0.2) is 36.6 Å². The van der Waals surface area contributed by atoms with Crippen LogP contribution in [0.25, 0.3) is 0 Å². The maximum Gasteiger partial charge on any atom is 0.0221 e. The Morgan fingerprint density at radius 3 is 2.54 bits per heavy atom. The highest BCUT2D eigenvalue weighted by molar-refractivity contribution is 4.99. The first-order valence-corrected chi connectivity index (χ1v) is 5.80. The fourth-order valence-corrected chi connectivity index (χ4v) is 3.03. The van der Waals surface area contributed by atoms with E-state index in [-0.39, 0.29) is 0 Å². The van der Waals surface area contributed by atoms with Gasteiger partial charge in [0.15, 0.2) is 0 Å². The maximum atomic E-state index is 3.60. The van der Waals surface area contributed by atoms with E-state index in [1.54, 1.807) is 0 Å². The van der Waals surface area contributed by atoms with E-state index < -0.39 is 0 Å². The highest BCUT2D eigenvalue weighted by Gasteiger charge is 2.46. The van der Waals surface area contributed by atoms with Crippen molar-refractivity contribution in [2.75, 3.05) is 19.6 Å². The third kappa shape index (κ3) is 1.50. The van der Waals surface area contributed by atoms with Crippen molar-refractivity contribution < 1.29 is 0 Å². The van der Waals surface area contributed by atoms with Gasteiger partial charge in [0.25, 0.3) is 0 Å². The second-order valence-electron chi connectivity index (χ2n) is 5.25. The zero-order valence-corrected chi connectivity index (χ0v) is 8.50. The lowest BCUT2D eigenvalue weighted by atomic mass is 10.0. The molecule has 0 aromatic rings. The third-order valence-corrected chi connectivity index (χ3v) is 4.16. The molecule has 0 aromatic heterocycles. The molecule has 1 aliphatic carbocycles. The predicted molar refractivity (Wildman–Crippen MR) is 53.7 cm³/mol. The molecule has 0 amide bonds. The van der Waals surface area contributed by atoms with Crippen molar-refractivity contribution in [1.82, 2.24) is 10.2 Å². The molecule has 2 heteroatoms. The maximum absolute atomic E-state index is 3.60. The molecule has 0 spiro atoms. The van der Waals surface area contributed by atoms with Crippen LogP contribution in [0.15, 0.2) is 0 Å². The van der Waals surface area contributed by atoms with Crippen molar-refractivity contribution in [2.24, 2.45) is 11.8 Å². The molecule has 3 fully saturated rings. The largest absolute Gasteiger partial charge is 0.313 e. The summed E-state index contributed by atoms with van der Waals surface area (Å²) in [5, 5.41) is 3.60. The van der Waals surface area contributed by atoms with Crippen molar-refractivity contribution in [3.05, 3.63) is 0 Å². The molecule has 1 N–H and O–H groups in total. The van der Waals surface area contributed by atoms with Crippen LogP contribution in [0.4, 0.5) is 0 Å². The first kappa shape index (κ1) is 8.25. The minimum atomic E-state index is 0.758. The van der Waals surface area contributed by atoms with Crippen molar-refractivity contribution in [3.8, 4) is 0 Å². The van der Waals surface area contributed by atoms with Gasteiger partial charge in [-0.1, -0.05) is 0 Å². The summed E-state index contributed by atoms with van der Waals surface area (Å²) in [6.45, 7) is 6.36. The topological polar surface area (TPSA) is 15.3 Å². The van der Waals surface area contributed by atoms with Gasteiger partial charge in [-0.15, -0.1) is 0 Å². The van der Waals surface area contributed by atoms with Crippen molar-refractivity contribution in [2.45, 2.75) is 38.3 Å². The van der Waals surface area contributed by atoms with Crippen molar-refractivity contribution in [3.63, 3.8) is 0 Å². The van der Waals surface area contributed by atoms with Gasteiger partial charge in [0.2, 0.25) is 0 Å². The monoisotopic (exact) mass is 180 g/mol. The fourth-order valence-electron chi connectivity index (χ4n) is 3.03. The third-order valence-electron chi connectivity index (χ3n) is 4.16. The normalized spacial score (nSPS) is 50.5. The van der Waals surface area contributed by atoms with E-state index >= 15 is 0 Å². The quantitative estimate of drug-likeness (QED) is 0.649. The van der Waals surface area contributed by atoms with Gasteiger partial charge in [-0.2, -0.15) is 0 Å². The van der Waals surface area contributed by atoms with Gasteiger partial charge in [-0.05, 0) is 38.0 Å². The van der Waals surface area contributed by atoms with Crippen molar-refractivity contribution >= 4 is 0 Å². The highest BCUT2D eigenvalue weighted by Crippen LogP contribution is 2.45. The van der Waals surface area contributed by atoms with Gasteiger partial charge < -0.3 is 5.32 Å². The van der Waals surface area contributed by atoms with Crippen LogP contribution in [-0.2, 0) is 0 Å². The first-order valence-electron chi connectivity index (χ1n) is 5.80. The van der Waals surface area contributed by atoms with Gasteiger partial charge in [0.05, 0.1) is 0 Å². The lowest BCUT2D eigenvalue weighted by Crippen LogP contribution is -2.48. The molecule has 0 aromatic carbocycles. The number of hydrogen-bond donors (Lipinski definition) is 1. The summed E-state index contributed by atoms with van der Waals surface area (Å²) < 4.78 is 0. The van der Waals surface area contributed by atoms with E-state index in [4.69, 9.17) is 0 Å². The Bertz CT molecular complexity index is 186. The molecule has 74 valence electrons. The minimum Gasteiger partial charge on any atom is -0.313 e. The first-order chi connectivity index (χ1) is 6.33. The van der Waals surface area contributed by atoms with E-state index in [9.17, 15) is 0 Å². The molecule has 3 aliphatic rings. The van der Waals surface area contributed by atoms with E-state index in [0.29, 0.717) is 0 Å². The molecule has 13 heavy (non-hydrogen) atoms. The van der Waals surface area contributed by atoms with E-state index in [1.165, 1.54) is 38.9 Å². The summed E-state index contributed by atoms with van der Waals surface area (Å²) in [4.78, 5) is 2.73. The number of nitrogens with zero attached hydrogens (tertiary/aromatic N) is 1. The summed E-state index contributed by atoms with van der Waals surface area (Å²) in [7, 11) is 0. The van der Waals surface area contributed by atoms with Gasteiger partial charge in [0, 0.05) is 31.7 Å². The van der Waals surface area contributed by atoms with Gasteiger partial charge in [-0.3, -0.25) is 4.90 Å². The van der Waals surface area contributed by atoms with Crippen LogP contribution >= 0.6 is 0 Å². The molecule has 4 unspecified atom stereocenters. The molecule has 2 saturated heterocycles. The summed E-state index contributed by atoms with van der Waals surface area (Å²) in [6.07, 6.45) is 4.33. The molecule has 3 rings (SSSR count). The molecule has 2 aliphatic heterocycles. The fraction of sp³-hybridized carbons (Fsp3) is 1.00. The van der Waals surface area contributed by atoms with Crippen LogP contribution < -0.4 is 5.32 Å². The lowest BCUT2D eigenvalue weighted by molar-refractivity contribution is 0.171. The van der Waals surface area contributed by atoms with Gasteiger partial charge in [-0.25, -0.2) is 0 Å². The predicted octanol–water partition coefficient (Wildman–Crippen LogP) is 1.08. The van der Waals surface area contributed by atoms with Crippen LogP contribution in [0.3, 0.4) is 0 Å². The number of fused-ring (bicyclic) bond motifs is 1. The Balaban J connectivity index is 1.54. The van der Waals surface area contributed by atoms with Crippen LogP contribution in [0.2, 0.25) is 0 Å². The summed E-state index contributed by atoms with van der Waals surface area (Å²) in [6, 6.07) is 1.62. The van der Waals surface area contributed by atoms with Crippen LogP contribution in [0.1, 0.15) is 26.2 Å². The number of rotatable bonds is 1. The molecule has 4 atom stereocenters. The second-order valence-corrected chi connectivity index (χ2v) is 5.25. The molecule has 2 heterocycles. The molecule has 0 bridgehead atoms. The van der Waals surface area contributed by atoms with Gasteiger partial charge >= 0.3 is 0 Å². The standard InChI is InChI=1S/C11H20N2/c1-8-2-3-11(5-12-8)13-6-9-4-10(9)7-13/h8-12H,2-7H2,1H3. The number of likely N-dealkylation sites (tertiary alicyclic amines) is 1. The van der Waals surface area contributed by atoms with Crippen LogP contribution in [0, 0.1) is 11.8 Å². The zero-order valence-electron chi connectivity index (χ0n) is 8.50. The Labute approximate surface area is 80.7 Å². The Kier molecular flexibility index (Phi) is 1.88. The molecular weight excluding hydrogens is 160 g/mol. The van der Waals surface area contributed by atoms with E-state index in [1.807, 2.05) is 0 Å². The average Bonchev–Trinajstić information content (AvgIpc) is 2.75. The molecule has 0 radical (unpaired) electrons. The van der Waals surface area contributed by atoms with E-state index in [2.05, 4.69) is 17.1 Å². The molecular formula is C11H20N2. The summed E-state index contributed by atoms with van der Waals surface area (Å²) >= 11 is 0. The van der Waals surface area contributed by atoms with Crippen LogP contribution in [0.5, 0.6) is 0 Å². The Hall–Kier alpha value is -0.0800. The minimum absolute atomic E-state index is 0.758. The average molecular weight is 180 g/mol. The second kappa shape index (κ2) is 2.96. The number of hydrogen-bond acceptors (Lipinski definition) is 2. The smallest absolute Gasteiger partial charge is 0.0221 e. The summed E-state index contributed by atoms with van der Waals surface area (Å²) in [5.74, 6) is 2.19. The molecule has 1 saturated carbocycles. The van der Waals surface area contributed by atoms with Gasteiger partial charge in [0.1, 0.15) is 0 Å². The van der Waals surface area contributed by atoms with E-state index in [0.717, 1.165) is 23.9 Å². The number of piperidine rings is 2. The SMILES string of the molecule is CC1CCC(N2CC3CC3C2)CN1. The lowest BCUT2D eigenvalue weighted by Gasteiger charge is -2.35. The molecule has 2 nitrogen and oxygen atoms in total. The zero-order chi connectivity index (χ0) is 8.84. The number of nitrogens with one attached hydrogen (secondary N) is 1. The van der Waals surface area contributed by atoms with Crippen molar-refractivity contribution in [1.29, 1.82) is 0 Å². The highest BCUT2D eigenvalue weighted by atomic mass is 15.2. The Morgan fingerprint density at radius 2 is 1.92 bits per heavy atom. The summed E-state index contributed by atoms with van der Waals surface area (Å²) in [5.41, 5.74) is 0.